The van der Waals surface area contributed by atoms with E-state index >= 15 is 0 Å². The molecule has 1 heterocycles. The van der Waals surface area contributed by atoms with Gasteiger partial charge in [-0.25, -0.2) is 4.98 Å². The van der Waals surface area contributed by atoms with Crippen LogP contribution >= 0.6 is 0 Å². The van der Waals surface area contributed by atoms with E-state index in [1.165, 1.54) is 19.3 Å². The van der Waals surface area contributed by atoms with Crippen molar-refractivity contribution < 1.29 is 14.3 Å². The Morgan fingerprint density at radius 1 is 1.07 bits per heavy atom. The summed E-state index contributed by atoms with van der Waals surface area (Å²) in [6.45, 7) is 0.755. The maximum Gasteiger partial charge on any atom is 0.270 e. The lowest BCUT2D eigenvalue weighted by Gasteiger charge is -2.22. The van der Waals surface area contributed by atoms with Gasteiger partial charge in [0.25, 0.3) is 5.91 Å². The van der Waals surface area contributed by atoms with Crippen molar-refractivity contribution in [2.75, 3.05) is 26.1 Å². The maximum absolute atomic E-state index is 12.3. The van der Waals surface area contributed by atoms with Crippen molar-refractivity contribution >= 4 is 11.6 Å². The van der Waals surface area contributed by atoms with Crippen LogP contribution in [0.4, 0.5) is 5.69 Å². The first-order valence-corrected chi connectivity index (χ1v) is 9.91. The first-order valence-electron chi connectivity index (χ1n) is 9.91. The van der Waals surface area contributed by atoms with Gasteiger partial charge in [-0.05, 0) is 49.1 Å². The van der Waals surface area contributed by atoms with Crippen molar-refractivity contribution in [3.63, 3.8) is 0 Å². The van der Waals surface area contributed by atoms with E-state index in [0.717, 1.165) is 48.6 Å². The zero-order valence-electron chi connectivity index (χ0n) is 16.7. The molecule has 1 aliphatic carbocycles. The predicted molar refractivity (Wildman–Crippen MR) is 110 cm³/mol. The highest BCUT2D eigenvalue weighted by Crippen LogP contribution is 2.27. The molecule has 1 saturated carbocycles. The molecule has 1 aromatic carbocycles. The van der Waals surface area contributed by atoms with Crippen molar-refractivity contribution in [3.8, 4) is 11.5 Å². The van der Waals surface area contributed by atoms with Crippen LogP contribution in [0.5, 0.6) is 11.5 Å². The van der Waals surface area contributed by atoms with Gasteiger partial charge in [0.15, 0.2) is 11.5 Å². The fourth-order valence-corrected chi connectivity index (χ4v) is 3.53. The highest BCUT2D eigenvalue weighted by molar-refractivity contribution is 5.92. The molecule has 6 heteroatoms. The number of amides is 1. The highest BCUT2D eigenvalue weighted by atomic mass is 16.5. The molecule has 0 bridgehead atoms. The number of nitrogens with zero attached hydrogens (tertiary/aromatic N) is 1. The number of anilines is 1. The zero-order chi connectivity index (χ0) is 19.8. The smallest absolute Gasteiger partial charge is 0.270 e. The molecule has 1 aliphatic rings. The Balaban J connectivity index is 1.48. The van der Waals surface area contributed by atoms with E-state index in [-0.39, 0.29) is 5.91 Å². The summed E-state index contributed by atoms with van der Waals surface area (Å²) in [5.41, 5.74) is 2.52. The van der Waals surface area contributed by atoms with Crippen LogP contribution < -0.4 is 20.1 Å². The van der Waals surface area contributed by atoms with Gasteiger partial charge in [-0.15, -0.1) is 0 Å². The predicted octanol–water partition coefficient (Wildman–Crippen LogP) is 3.82. The summed E-state index contributed by atoms with van der Waals surface area (Å²) in [6.07, 6.45) is 8.36. The van der Waals surface area contributed by atoms with Gasteiger partial charge in [0.2, 0.25) is 0 Å². The Morgan fingerprint density at radius 2 is 1.86 bits per heavy atom. The molecule has 0 aliphatic heterocycles. The normalized spacial score (nSPS) is 14.4. The lowest BCUT2D eigenvalue weighted by atomic mass is 9.95. The van der Waals surface area contributed by atoms with Crippen LogP contribution in [0, 0.1) is 0 Å². The third-order valence-corrected chi connectivity index (χ3v) is 5.13. The topological polar surface area (TPSA) is 72.5 Å². The Hall–Kier alpha value is -2.76. The Labute approximate surface area is 166 Å². The molecule has 1 fully saturated rings. The number of pyridine rings is 1. The van der Waals surface area contributed by atoms with Gasteiger partial charge in [0.05, 0.1) is 26.1 Å². The average Bonchev–Trinajstić information content (AvgIpc) is 2.74. The fourth-order valence-electron chi connectivity index (χ4n) is 3.53. The van der Waals surface area contributed by atoms with Gasteiger partial charge < -0.3 is 20.1 Å². The largest absolute Gasteiger partial charge is 0.493 e. The summed E-state index contributed by atoms with van der Waals surface area (Å²) in [6, 6.07) is 9.89. The van der Waals surface area contributed by atoms with E-state index in [1.54, 1.807) is 26.5 Å². The van der Waals surface area contributed by atoms with Crippen LogP contribution in [-0.4, -0.2) is 37.7 Å². The van der Waals surface area contributed by atoms with Crippen LogP contribution in [0.2, 0.25) is 0 Å². The fraction of sp³-hybridized carbons (Fsp3) is 0.455. The molecule has 0 radical (unpaired) electrons. The van der Waals surface area contributed by atoms with Crippen LogP contribution in [0.3, 0.4) is 0 Å². The molecule has 150 valence electrons. The quantitative estimate of drug-likeness (QED) is 0.725. The SMILES string of the molecule is COc1ccc(CCNc2ccc(C(=O)NC3CCCCC3)nc2)cc1OC. The summed E-state index contributed by atoms with van der Waals surface area (Å²) in [5, 5.41) is 6.44. The van der Waals surface area contributed by atoms with Crippen molar-refractivity contribution in [1.82, 2.24) is 10.3 Å². The summed E-state index contributed by atoms with van der Waals surface area (Å²) in [4.78, 5) is 16.6. The van der Waals surface area contributed by atoms with Gasteiger partial charge in [0, 0.05) is 12.6 Å². The van der Waals surface area contributed by atoms with Crippen LogP contribution in [0.25, 0.3) is 0 Å². The van der Waals surface area contributed by atoms with Gasteiger partial charge in [-0.2, -0.15) is 0 Å². The van der Waals surface area contributed by atoms with Gasteiger partial charge in [0.1, 0.15) is 5.69 Å². The molecule has 3 rings (SSSR count). The summed E-state index contributed by atoms with van der Waals surface area (Å²) >= 11 is 0. The summed E-state index contributed by atoms with van der Waals surface area (Å²) in [7, 11) is 3.27. The van der Waals surface area contributed by atoms with Gasteiger partial charge >= 0.3 is 0 Å². The molecule has 2 N–H and O–H groups in total. The lowest BCUT2D eigenvalue weighted by Crippen LogP contribution is -2.36. The molecule has 1 amide bonds. The first-order chi connectivity index (χ1) is 13.7. The molecular weight excluding hydrogens is 354 g/mol. The molecule has 0 saturated heterocycles. The number of rotatable bonds is 8. The second kappa shape index (κ2) is 9.97. The van der Waals surface area contributed by atoms with Crippen LogP contribution in [0.1, 0.15) is 48.2 Å². The number of carbonyl (C=O) groups excluding carboxylic acids is 1. The summed E-state index contributed by atoms with van der Waals surface area (Å²) < 4.78 is 10.6. The maximum atomic E-state index is 12.3. The molecule has 0 atom stereocenters. The number of ether oxygens (including phenoxy) is 2. The van der Waals surface area contributed by atoms with Crippen molar-refractivity contribution in [3.05, 3.63) is 47.8 Å². The van der Waals surface area contributed by atoms with Crippen molar-refractivity contribution in [1.29, 1.82) is 0 Å². The molecule has 28 heavy (non-hydrogen) atoms. The lowest BCUT2D eigenvalue weighted by molar-refractivity contribution is 0.0922. The number of aromatic nitrogens is 1. The third kappa shape index (κ3) is 5.38. The Morgan fingerprint density at radius 3 is 2.54 bits per heavy atom. The van der Waals surface area contributed by atoms with E-state index in [9.17, 15) is 4.79 Å². The number of carbonyl (C=O) groups is 1. The standard InChI is InChI=1S/C22H29N3O3/c1-27-20-11-8-16(14-21(20)28-2)12-13-23-18-9-10-19(24-15-18)22(26)25-17-6-4-3-5-7-17/h8-11,14-15,17,23H,3-7,12-13H2,1-2H3,(H,25,26). The third-order valence-electron chi connectivity index (χ3n) is 5.13. The number of hydrogen-bond donors (Lipinski definition) is 2. The number of benzene rings is 1. The first kappa shape index (κ1) is 20.0. The van der Waals surface area contributed by atoms with E-state index in [0.29, 0.717) is 11.7 Å². The van der Waals surface area contributed by atoms with E-state index in [1.807, 2.05) is 24.3 Å². The number of nitrogens with one attached hydrogen (secondary N) is 2. The second-order valence-electron chi connectivity index (χ2n) is 7.11. The van der Waals surface area contributed by atoms with Crippen molar-refractivity contribution in [2.24, 2.45) is 0 Å². The molecule has 0 spiro atoms. The molecule has 1 aromatic heterocycles. The van der Waals surface area contributed by atoms with Crippen LogP contribution in [0.15, 0.2) is 36.5 Å². The minimum atomic E-state index is -0.0798. The summed E-state index contributed by atoms with van der Waals surface area (Å²) in [5.74, 6) is 1.38. The zero-order valence-corrected chi connectivity index (χ0v) is 16.7. The van der Waals surface area contributed by atoms with Gasteiger partial charge in [-0.3, -0.25) is 4.79 Å². The second-order valence-corrected chi connectivity index (χ2v) is 7.11. The molecule has 2 aromatic rings. The van der Waals surface area contributed by atoms with E-state index < -0.39 is 0 Å². The molecule has 0 unspecified atom stereocenters. The van der Waals surface area contributed by atoms with E-state index in [4.69, 9.17) is 9.47 Å². The highest BCUT2D eigenvalue weighted by Gasteiger charge is 2.17. The minimum absolute atomic E-state index is 0.0798. The van der Waals surface area contributed by atoms with E-state index in [2.05, 4.69) is 15.6 Å². The van der Waals surface area contributed by atoms with Crippen LogP contribution in [-0.2, 0) is 6.42 Å². The molecular formula is C22H29N3O3. The van der Waals surface area contributed by atoms with Gasteiger partial charge in [-0.1, -0.05) is 25.3 Å². The Bertz CT molecular complexity index is 771. The number of methoxy groups -OCH3 is 2. The monoisotopic (exact) mass is 383 g/mol. The van der Waals surface area contributed by atoms with Crippen molar-refractivity contribution in [2.45, 2.75) is 44.6 Å². The number of hydrogen-bond acceptors (Lipinski definition) is 5. The molecule has 6 nitrogen and oxygen atoms in total. The minimum Gasteiger partial charge on any atom is -0.493 e. The average molecular weight is 383 g/mol. The Kier molecular flexibility index (Phi) is 7.12.